The van der Waals surface area contributed by atoms with Crippen molar-refractivity contribution in [2.24, 2.45) is 39.8 Å². The Kier molecular flexibility index (Phi) is 23.9. The summed E-state index contributed by atoms with van der Waals surface area (Å²) in [6, 6.07) is 11.2. The molecule has 17 N–H and O–H groups in total. The molecule has 8 atom stereocenters. The van der Waals surface area contributed by atoms with E-state index in [0.717, 1.165) is 0 Å². The van der Waals surface area contributed by atoms with Crippen molar-refractivity contribution in [3.05, 3.63) is 95.6 Å². The predicted octanol–water partition coefficient (Wildman–Crippen LogP) is -0.142. The van der Waals surface area contributed by atoms with Gasteiger partial charge >= 0.3 is 5.97 Å². The highest BCUT2D eigenvalue weighted by atomic mass is 16.4. The maximum atomic E-state index is 14.4. The maximum absolute atomic E-state index is 14.4. The van der Waals surface area contributed by atoms with Crippen LogP contribution in [-0.4, -0.2) is 117 Å². The van der Waals surface area contributed by atoms with Crippen molar-refractivity contribution in [3.8, 4) is 11.5 Å². The molecule has 0 aliphatic heterocycles. The third-order valence-electron chi connectivity index (χ3n) is 11.7. The summed E-state index contributed by atoms with van der Waals surface area (Å²) in [5.41, 5.74) is 24.5. The summed E-state index contributed by atoms with van der Waals surface area (Å²) in [4.78, 5) is 113. The first-order valence-corrected chi connectivity index (χ1v) is 23.8. The number of aromatic hydroxyl groups is 2. The quantitative estimate of drug-likeness (QED) is 0.0235. The molecule has 72 heavy (non-hydrogen) atoms. The average Bonchev–Trinajstić information content (AvgIpc) is 3.32. The molecular formula is C50H71N11O11. The highest BCUT2D eigenvalue weighted by Crippen LogP contribution is 2.16. The van der Waals surface area contributed by atoms with Gasteiger partial charge in [0.1, 0.15) is 47.8 Å². The minimum absolute atomic E-state index is 0.0109. The van der Waals surface area contributed by atoms with E-state index < -0.39 is 102 Å². The molecule has 0 saturated heterocycles. The zero-order valence-electron chi connectivity index (χ0n) is 41.1. The Balaban J connectivity index is 1.97. The zero-order chi connectivity index (χ0) is 53.5. The zero-order valence-corrected chi connectivity index (χ0v) is 41.1. The lowest BCUT2D eigenvalue weighted by atomic mass is 9.97. The van der Waals surface area contributed by atoms with Crippen LogP contribution in [0.3, 0.4) is 0 Å². The number of guanidine groups is 1. The van der Waals surface area contributed by atoms with Gasteiger partial charge in [-0.1, -0.05) is 88.7 Å². The van der Waals surface area contributed by atoms with Crippen LogP contribution in [0.2, 0.25) is 0 Å². The lowest BCUT2D eigenvalue weighted by molar-refractivity contribution is -0.144. The van der Waals surface area contributed by atoms with Crippen molar-refractivity contribution >= 4 is 53.3 Å². The molecule has 0 heterocycles. The van der Waals surface area contributed by atoms with Crippen LogP contribution >= 0.6 is 0 Å². The molecule has 392 valence electrons. The molecule has 0 unspecified atom stereocenters. The SMILES string of the molecule is CC[C@H](C)[C@H](NC(=O)[C@H](CC(C)C)NC(=O)[C@H](Cc1ccc(O)cc1)NC(=O)[C@H](CCCN=C(N)N)NC(=O)[C@H](CCC(N)=O)NC(=O)[C@H](Cc1ccccc1)NC(=O)[C@@H](N)Cc1ccc(O)cc1)C(=O)O. The van der Waals surface area contributed by atoms with E-state index in [1.165, 1.54) is 36.4 Å². The van der Waals surface area contributed by atoms with Gasteiger partial charge in [0.25, 0.3) is 0 Å². The van der Waals surface area contributed by atoms with E-state index in [9.17, 15) is 53.7 Å². The lowest BCUT2D eigenvalue weighted by Crippen LogP contribution is -2.60. The van der Waals surface area contributed by atoms with Gasteiger partial charge in [-0.15, -0.1) is 0 Å². The third-order valence-corrected chi connectivity index (χ3v) is 11.7. The Bertz CT molecular complexity index is 2310. The molecule has 0 fully saturated rings. The minimum Gasteiger partial charge on any atom is -0.508 e. The van der Waals surface area contributed by atoms with Crippen molar-refractivity contribution in [2.45, 2.75) is 128 Å². The number of rotatable bonds is 30. The maximum Gasteiger partial charge on any atom is 0.326 e. The number of carbonyl (C=O) groups excluding carboxylic acids is 7. The first-order valence-electron chi connectivity index (χ1n) is 23.8. The Morgan fingerprint density at radius 1 is 0.556 bits per heavy atom. The molecule has 0 aliphatic carbocycles. The summed E-state index contributed by atoms with van der Waals surface area (Å²) in [5, 5.41) is 45.3. The summed E-state index contributed by atoms with van der Waals surface area (Å²) in [5.74, 6) is -7.93. The van der Waals surface area contributed by atoms with E-state index in [2.05, 4.69) is 36.9 Å². The fourth-order valence-corrected chi connectivity index (χ4v) is 7.45. The molecule has 3 aromatic carbocycles. The number of carbonyl (C=O) groups is 8. The van der Waals surface area contributed by atoms with Crippen LogP contribution in [0.25, 0.3) is 0 Å². The van der Waals surface area contributed by atoms with E-state index in [1.54, 1.807) is 70.2 Å². The largest absolute Gasteiger partial charge is 0.508 e. The monoisotopic (exact) mass is 1000 g/mol. The molecule has 0 spiro atoms. The Morgan fingerprint density at radius 3 is 1.46 bits per heavy atom. The summed E-state index contributed by atoms with van der Waals surface area (Å²) in [7, 11) is 0. The summed E-state index contributed by atoms with van der Waals surface area (Å²) in [6.45, 7) is 7.06. The second-order valence-electron chi connectivity index (χ2n) is 18.1. The topological polar surface area (TPSA) is 386 Å². The highest BCUT2D eigenvalue weighted by molar-refractivity contribution is 5.97. The van der Waals surface area contributed by atoms with Crippen LogP contribution in [0.15, 0.2) is 83.9 Å². The normalized spacial score (nSPS) is 14.4. The molecule has 0 radical (unpaired) electrons. The number of phenolic OH excluding ortho intramolecular Hbond substituents is 2. The van der Waals surface area contributed by atoms with Gasteiger partial charge in [0.05, 0.1) is 6.04 Å². The number of amides is 7. The van der Waals surface area contributed by atoms with E-state index in [1.807, 2.05) is 0 Å². The molecule has 0 saturated carbocycles. The average molecular weight is 1000 g/mol. The van der Waals surface area contributed by atoms with Gasteiger partial charge < -0.3 is 70.2 Å². The molecule has 7 amide bonds. The number of carboxylic acids is 1. The number of hydrogen-bond acceptors (Lipinski definition) is 12. The van der Waals surface area contributed by atoms with Gasteiger partial charge in [-0.3, -0.25) is 38.6 Å². The second kappa shape index (κ2) is 29.4. The summed E-state index contributed by atoms with van der Waals surface area (Å²) in [6.07, 6.45) is -0.403. The molecular weight excluding hydrogens is 931 g/mol. The molecule has 0 aromatic heterocycles. The molecule has 0 aliphatic rings. The van der Waals surface area contributed by atoms with Crippen LogP contribution in [-0.2, 0) is 57.6 Å². The van der Waals surface area contributed by atoms with E-state index in [0.29, 0.717) is 23.1 Å². The van der Waals surface area contributed by atoms with Gasteiger partial charge in [0.2, 0.25) is 41.4 Å². The number of primary amides is 1. The van der Waals surface area contributed by atoms with E-state index in [-0.39, 0.29) is 74.9 Å². The second-order valence-corrected chi connectivity index (χ2v) is 18.1. The summed E-state index contributed by atoms with van der Waals surface area (Å²) < 4.78 is 0. The molecule has 3 aromatic rings. The van der Waals surface area contributed by atoms with Crippen molar-refractivity contribution in [1.29, 1.82) is 0 Å². The fourth-order valence-electron chi connectivity index (χ4n) is 7.45. The number of benzene rings is 3. The highest BCUT2D eigenvalue weighted by Gasteiger charge is 2.35. The first-order chi connectivity index (χ1) is 34.1. The predicted molar refractivity (Wildman–Crippen MR) is 268 cm³/mol. The number of carboxylic acid groups (broad SMARTS) is 1. The molecule has 3 rings (SSSR count). The Hall–Kier alpha value is -7.75. The van der Waals surface area contributed by atoms with Gasteiger partial charge in [-0.05, 0) is 84.9 Å². The van der Waals surface area contributed by atoms with Crippen molar-refractivity contribution in [2.75, 3.05) is 6.54 Å². The smallest absolute Gasteiger partial charge is 0.326 e. The van der Waals surface area contributed by atoms with Crippen LogP contribution < -0.4 is 54.8 Å². The van der Waals surface area contributed by atoms with E-state index >= 15 is 0 Å². The van der Waals surface area contributed by atoms with E-state index in [4.69, 9.17) is 22.9 Å². The molecule has 22 heteroatoms. The van der Waals surface area contributed by atoms with Gasteiger partial charge in [-0.2, -0.15) is 0 Å². The Labute approximate surface area is 418 Å². The first kappa shape index (κ1) is 58.6. The number of aliphatic imine (C=N–C) groups is 1. The number of nitrogens with two attached hydrogens (primary N) is 4. The number of hydrogen-bond donors (Lipinski definition) is 13. The van der Waals surface area contributed by atoms with Crippen molar-refractivity contribution in [1.82, 2.24) is 31.9 Å². The number of phenols is 2. The number of nitrogens with zero attached hydrogens (tertiary/aromatic N) is 1. The fraction of sp³-hybridized carbons (Fsp3) is 0.460. The molecule has 22 nitrogen and oxygen atoms in total. The standard InChI is InChI=1S/C50H71N11O11/c1-5-29(4)42(49(71)72)61-48(70)38(24-28(2)3)59-47(69)40(27-32-15-19-34(63)20-16-32)60-44(66)36(12-9-23-55-50(53)54)56-45(67)37(21-22-41(52)64)57-46(68)39(26-30-10-7-6-8-11-30)58-43(65)35(51)25-31-13-17-33(62)18-14-31/h6-8,10-11,13-20,28-29,35-40,42,62-63H,5,9,12,21-27,51H2,1-4H3,(H2,52,64)(H,56,67)(H,57,68)(H,58,65)(H,59,69)(H,60,66)(H,61,70)(H,71,72)(H4,53,54,55)/t29-,35-,36-,37-,38-,39-,40-,42-/m0/s1. The van der Waals surface area contributed by atoms with Gasteiger partial charge in [0.15, 0.2) is 5.96 Å². The number of nitrogens with one attached hydrogen (secondary N) is 6. The number of aliphatic carboxylic acids is 1. The Morgan fingerprint density at radius 2 is 0.986 bits per heavy atom. The van der Waals surface area contributed by atoms with Gasteiger partial charge in [0, 0.05) is 25.8 Å². The van der Waals surface area contributed by atoms with Crippen LogP contribution in [0.4, 0.5) is 0 Å². The third kappa shape index (κ3) is 20.7. The van der Waals surface area contributed by atoms with Gasteiger partial charge in [-0.25, -0.2) is 4.79 Å². The van der Waals surface area contributed by atoms with Crippen molar-refractivity contribution in [3.63, 3.8) is 0 Å². The lowest BCUT2D eigenvalue weighted by Gasteiger charge is -2.28. The minimum atomic E-state index is -1.52. The summed E-state index contributed by atoms with van der Waals surface area (Å²) >= 11 is 0. The van der Waals surface area contributed by atoms with Crippen LogP contribution in [0.5, 0.6) is 11.5 Å². The molecule has 0 bridgehead atoms. The van der Waals surface area contributed by atoms with Crippen LogP contribution in [0.1, 0.15) is 82.9 Å². The van der Waals surface area contributed by atoms with Crippen LogP contribution in [0, 0.1) is 11.8 Å². The van der Waals surface area contributed by atoms with Crippen molar-refractivity contribution < 1.29 is 53.7 Å².